The quantitative estimate of drug-likeness (QED) is 0.499. The summed E-state index contributed by atoms with van der Waals surface area (Å²) in [5.41, 5.74) is 1.22. The normalized spacial score (nSPS) is 10.6. The maximum Gasteiger partial charge on any atom is 0.209 e. The minimum absolute atomic E-state index is 1.22. The predicted octanol–water partition coefficient (Wildman–Crippen LogP) is -3.36. The van der Waals surface area contributed by atoms with E-state index in [0.717, 1.165) is 0 Å². The molecule has 0 saturated carbocycles. The second-order valence-corrected chi connectivity index (χ2v) is 3.88. The van der Waals surface area contributed by atoms with Crippen LogP contribution in [-0.2, 0) is 0 Å². The molecule has 0 aliphatic rings. The van der Waals surface area contributed by atoms with E-state index in [9.17, 15) is 0 Å². The van der Waals surface area contributed by atoms with E-state index in [0.29, 0.717) is 0 Å². The van der Waals surface area contributed by atoms with E-state index >= 15 is 0 Å². The Hall–Kier alpha value is -1.44. The van der Waals surface area contributed by atoms with Crippen LogP contribution in [0.25, 0.3) is 0 Å². The van der Waals surface area contributed by atoms with E-state index in [4.69, 9.17) is 18.6 Å². The van der Waals surface area contributed by atoms with Gasteiger partial charge in [0.25, 0.3) is 0 Å². The highest BCUT2D eigenvalue weighted by Crippen LogP contribution is 1.90. The summed E-state index contributed by atoms with van der Waals surface area (Å²) in [5, 5.41) is 0. The summed E-state index contributed by atoms with van der Waals surface area (Å²) >= 11 is 0. The fraction of sp³-hybridized carbons (Fsp3) is 0.100. The first-order valence-electron chi connectivity index (χ1n) is 4.60. The molecule has 0 aromatic carbocycles. The van der Waals surface area contributed by atoms with Gasteiger partial charge >= 0.3 is 0 Å². The van der Waals surface area contributed by atoms with Crippen LogP contribution in [0.5, 0.6) is 0 Å². The summed E-state index contributed by atoms with van der Waals surface area (Å²) in [5.74, 6) is 0. The monoisotopic (exact) mass is 258 g/mol. The van der Waals surface area contributed by atoms with Gasteiger partial charge in [-0.15, -0.1) is 14.9 Å². The van der Waals surface area contributed by atoms with Gasteiger partial charge in [0.2, 0.25) is 11.9 Å². The number of pyridine rings is 1. The van der Waals surface area contributed by atoms with Crippen molar-refractivity contribution in [1.82, 2.24) is 4.68 Å². The number of hydrogen-bond donors (Lipinski definition) is 0. The summed E-state index contributed by atoms with van der Waals surface area (Å²) in [7, 11) is -4.94. The molecule has 0 aliphatic carbocycles. The molecule has 0 aliphatic heterocycles. The second kappa shape index (κ2) is 5.76. The van der Waals surface area contributed by atoms with Crippen molar-refractivity contribution in [3.8, 4) is 0 Å². The van der Waals surface area contributed by atoms with E-state index in [2.05, 4.69) is 17.7 Å². The molecule has 2 aromatic heterocycles. The van der Waals surface area contributed by atoms with Gasteiger partial charge in [0.15, 0.2) is 0 Å². The van der Waals surface area contributed by atoms with Crippen molar-refractivity contribution in [3.63, 3.8) is 0 Å². The van der Waals surface area contributed by atoms with E-state index < -0.39 is 10.2 Å². The lowest BCUT2D eigenvalue weighted by Crippen LogP contribution is -2.68. The number of hydrogen-bond acceptors (Lipinski definition) is 4. The van der Waals surface area contributed by atoms with Crippen molar-refractivity contribution >= 4 is 0 Å². The predicted molar refractivity (Wildman–Crippen MR) is 46.6 cm³/mol. The molecule has 6 nitrogen and oxygen atoms in total. The number of halogens is 1. The first-order valence-corrected chi connectivity index (χ1v) is 5.84. The standard InChI is InChI=1S/C10H11N2.ClHO4/c1-10-6-2-3-9-12(10)11-7-4-5-8-11;2-1(3,4)5/h2-9H,1H3;(H,2,3,4,5)/q+1;/p-1. The third-order valence-electron chi connectivity index (χ3n) is 1.87. The van der Waals surface area contributed by atoms with Crippen LogP contribution in [0.4, 0.5) is 0 Å². The highest BCUT2D eigenvalue weighted by atomic mass is 35.7. The van der Waals surface area contributed by atoms with Crippen LogP contribution >= 0.6 is 0 Å². The highest BCUT2D eigenvalue weighted by Gasteiger charge is 2.03. The first-order chi connectivity index (χ1) is 7.88. The van der Waals surface area contributed by atoms with Crippen molar-refractivity contribution in [2.75, 3.05) is 0 Å². The molecule has 0 fully saturated rings. The molecule has 0 bridgehead atoms. The lowest BCUT2D eigenvalue weighted by molar-refractivity contribution is -2.00. The molecular weight excluding hydrogens is 248 g/mol. The van der Waals surface area contributed by atoms with Crippen LogP contribution in [0.1, 0.15) is 5.69 Å². The molecule has 0 spiro atoms. The highest BCUT2D eigenvalue weighted by molar-refractivity contribution is 4.95. The summed E-state index contributed by atoms with van der Waals surface area (Å²) in [4.78, 5) is 0. The summed E-state index contributed by atoms with van der Waals surface area (Å²) < 4.78 is 38.1. The number of nitrogens with zero attached hydrogens (tertiary/aromatic N) is 2. The molecule has 2 rings (SSSR count). The second-order valence-electron chi connectivity index (χ2n) is 3.13. The van der Waals surface area contributed by atoms with E-state index in [-0.39, 0.29) is 0 Å². The average molecular weight is 259 g/mol. The van der Waals surface area contributed by atoms with Crippen molar-refractivity contribution in [1.29, 1.82) is 0 Å². The molecule has 0 unspecified atom stereocenters. The Morgan fingerprint density at radius 1 is 1.00 bits per heavy atom. The largest absolute Gasteiger partial charge is 0.222 e. The zero-order chi connectivity index (χ0) is 12.9. The minimum Gasteiger partial charge on any atom is -0.222 e. The van der Waals surface area contributed by atoms with Crippen LogP contribution in [0.2, 0.25) is 0 Å². The van der Waals surface area contributed by atoms with Gasteiger partial charge in [-0.1, -0.05) is 4.68 Å². The number of aromatic nitrogens is 2. The minimum atomic E-state index is -4.94. The summed E-state index contributed by atoms with van der Waals surface area (Å²) in [6.07, 6.45) is 6.08. The smallest absolute Gasteiger partial charge is 0.209 e. The van der Waals surface area contributed by atoms with Crippen LogP contribution in [0, 0.1) is 17.2 Å². The third kappa shape index (κ3) is 5.43. The third-order valence-corrected chi connectivity index (χ3v) is 1.87. The SMILES string of the molecule is Cc1cccc[n+]1-n1cccc1.[O-][Cl+3]([O-])([O-])[O-]. The number of rotatable bonds is 1. The maximum atomic E-state index is 8.49. The maximum absolute atomic E-state index is 8.49. The van der Waals surface area contributed by atoms with Crippen LogP contribution in [-0.4, -0.2) is 4.68 Å². The van der Waals surface area contributed by atoms with Gasteiger partial charge in [0, 0.05) is 19.1 Å². The van der Waals surface area contributed by atoms with Gasteiger partial charge in [-0.3, -0.25) is 0 Å². The molecule has 2 heterocycles. The van der Waals surface area contributed by atoms with Gasteiger partial charge in [-0.2, -0.15) is 0 Å². The Balaban J connectivity index is 0.000000249. The molecule has 7 heteroatoms. The van der Waals surface area contributed by atoms with Crippen molar-refractivity contribution in [3.05, 3.63) is 54.6 Å². The van der Waals surface area contributed by atoms with Crippen LogP contribution in [0.15, 0.2) is 48.9 Å². The van der Waals surface area contributed by atoms with E-state index in [1.807, 2.05) is 47.5 Å². The Morgan fingerprint density at radius 2 is 1.53 bits per heavy atom. The van der Waals surface area contributed by atoms with Gasteiger partial charge in [-0.05, 0) is 18.2 Å². The van der Waals surface area contributed by atoms with E-state index in [1.54, 1.807) is 0 Å². The molecule has 0 radical (unpaired) electrons. The van der Waals surface area contributed by atoms with Gasteiger partial charge in [0.05, 0.1) is 12.4 Å². The molecular formula is C10H11ClN2O4. The van der Waals surface area contributed by atoms with Crippen LogP contribution < -0.4 is 23.3 Å². The topological polar surface area (TPSA) is 101 Å². The lowest BCUT2D eigenvalue weighted by Gasteiger charge is -2.17. The van der Waals surface area contributed by atoms with Crippen LogP contribution in [0.3, 0.4) is 0 Å². The molecule has 0 atom stereocenters. The molecule has 2 aromatic rings. The molecule has 0 N–H and O–H groups in total. The Morgan fingerprint density at radius 3 is 2.00 bits per heavy atom. The fourth-order valence-electron chi connectivity index (χ4n) is 1.25. The summed E-state index contributed by atoms with van der Waals surface area (Å²) in [6, 6.07) is 10.2. The fourth-order valence-corrected chi connectivity index (χ4v) is 1.25. The van der Waals surface area contributed by atoms with Gasteiger partial charge in [-0.25, -0.2) is 18.6 Å². The average Bonchev–Trinajstić information content (AvgIpc) is 2.68. The van der Waals surface area contributed by atoms with Crippen molar-refractivity contribution in [2.45, 2.75) is 6.92 Å². The molecule has 17 heavy (non-hydrogen) atoms. The van der Waals surface area contributed by atoms with E-state index in [1.165, 1.54) is 5.69 Å². The van der Waals surface area contributed by atoms with Gasteiger partial charge in [0.1, 0.15) is 0 Å². The Labute approximate surface area is 100 Å². The lowest BCUT2D eigenvalue weighted by atomic mass is 10.4. The van der Waals surface area contributed by atoms with Crippen molar-refractivity contribution in [2.24, 2.45) is 0 Å². The molecule has 0 saturated heterocycles. The number of aryl methyl sites for hydroxylation is 1. The Bertz CT molecular complexity index is 448. The molecule has 0 amide bonds. The molecule has 92 valence electrons. The van der Waals surface area contributed by atoms with Gasteiger partial charge < -0.3 is 0 Å². The zero-order valence-corrected chi connectivity index (χ0v) is 9.78. The Kier molecular flexibility index (Phi) is 4.62. The van der Waals surface area contributed by atoms with Crippen molar-refractivity contribution < 1.29 is 33.6 Å². The first kappa shape index (κ1) is 13.6. The summed E-state index contributed by atoms with van der Waals surface area (Å²) in [6.45, 7) is 2.08. The zero-order valence-electron chi connectivity index (χ0n) is 9.02.